The Morgan fingerprint density at radius 3 is 2.74 bits per heavy atom. The summed E-state index contributed by atoms with van der Waals surface area (Å²) >= 11 is 0. The molecule has 1 amide bonds. The zero-order valence-electron chi connectivity index (χ0n) is 19.0. The third-order valence-corrected chi connectivity index (χ3v) is 6.38. The molecule has 3 aromatic heterocycles. The van der Waals surface area contributed by atoms with E-state index in [-0.39, 0.29) is 23.1 Å². The third-order valence-electron chi connectivity index (χ3n) is 6.38. The van der Waals surface area contributed by atoms with Crippen LogP contribution in [0, 0.1) is 23.5 Å². The highest BCUT2D eigenvalue weighted by molar-refractivity contribution is 5.98. The molecule has 1 aliphatic rings. The van der Waals surface area contributed by atoms with Gasteiger partial charge in [-0.05, 0) is 54.7 Å². The van der Waals surface area contributed by atoms with Gasteiger partial charge >= 0.3 is 0 Å². The summed E-state index contributed by atoms with van der Waals surface area (Å²) in [6.07, 6.45) is 7.13. The first-order valence-electron chi connectivity index (χ1n) is 11.2. The number of aromatic nitrogens is 3. The molecular formula is C27H22F2N4O2. The van der Waals surface area contributed by atoms with Crippen molar-refractivity contribution < 1.29 is 13.6 Å². The maximum absolute atomic E-state index is 14.8. The number of rotatable bonds is 5. The molecule has 1 unspecified atom stereocenters. The van der Waals surface area contributed by atoms with Crippen molar-refractivity contribution in [2.24, 2.45) is 12.8 Å². The van der Waals surface area contributed by atoms with Crippen LogP contribution in [0.5, 0.6) is 0 Å². The number of aryl methyl sites for hydroxylation is 1. The molecule has 0 aliphatic heterocycles. The smallest absolute Gasteiger partial charge is 0.254 e. The fraction of sp³-hybridized carbons (Fsp3) is 0.222. The summed E-state index contributed by atoms with van der Waals surface area (Å²) in [5.41, 5.74) is 8.07. The molecule has 1 aliphatic carbocycles. The Hall–Kier alpha value is -4.25. The van der Waals surface area contributed by atoms with Crippen molar-refractivity contribution in [1.29, 1.82) is 0 Å². The fourth-order valence-corrected chi connectivity index (χ4v) is 4.42. The van der Waals surface area contributed by atoms with Gasteiger partial charge in [0.25, 0.3) is 5.56 Å². The Morgan fingerprint density at radius 1 is 1.20 bits per heavy atom. The quantitative estimate of drug-likeness (QED) is 0.448. The molecule has 8 heteroatoms. The van der Waals surface area contributed by atoms with E-state index in [0.717, 1.165) is 42.1 Å². The number of hydrogen-bond donors (Lipinski definition) is 1. The number of halogens is 2. The number of carbonyl (C=O) groups is 1. The summed E-state index contributed by atoms with van der Waals surface area (Å²) < 4.78 is 31.9. The zero-order valence-corrected chi connectivity index (χ0v) is 19.0. The van der Waals surface area contributed by atoms with Gasteiger partial charge in [-0.25, -0.2) is 13.3 Å². The molecule has 4 aromatic rings. The van der Waals surface area contributed by atoms with E-state index in [1.54, 1.807) is 48.4 Å². The van der Waals surface area contributed by atoms with Gasteiger partial charge in [-0.2, -0.15) is 5.10 Å². The summed E-state index contributed by atoms with van der Waals surface area (Å²) in [6.45, 7) is 0. The number of primary amides is 1. The van der Waals surface area contributed by atoms with Gasteiger partial charge < -0.3 is 10.3 Å². The van der Waals surface area contributed by atoms with Gasteiger partial charge in [0, 0.05) is 42.9 Å². The van der Waals surface area contributed by atoms with Crippen molar-refractivity contribution in [1.82, 2.24) is 14.2 Å². The van der Waals surface area contributed by atoms with Crippen molar-refractivity contribution in [2.75, 3.05) is 0 Å². The van der Waals surface area contributed by atoms with E-state index in [1.165, 1.54) is 4.57 Å². The Morgan fingerprint density at radius 2 is 2.00 bits per heavy atom. The molecule has 2 N–H and O–H groups in total. The predicted octanol–water partition coefficient (Wildman–Crippen LogP) is 3.86. The van der Waals surface area contributed by atoms with Gasteiger partial charge in [-0.1, -0.05) is 17.9 Å². The predicted molar refractivity (Wildman–Crippen MR) is 127 cm³/mol. The van der Waals surface area contributed by atoms with Crippen molar-refractivity contribution in [2.45, 2.75) is 31.1 Å². The Bertz CT molecular complexity index is 1590. The fourth-order valence-electron chi connectivity index (χ4n) is 4.42. The molecule has 3 heterocycles. The molecule has 0 saturated heterocycles. The number of carbonyl (C=O) groups excluding carboxylic acids is 1. The second kappa shape index (κ2) is 8.84. The molecule has 35 heavy (non-hydrogen) atoms. The van der Waals surface area contributed by atoms with Gasteiger partial charge in [0.15, 0.2) is 0 Å². The molecule has 5 rings (SSSR count). The SMILES string of the molecule is Cn1cccc(C(CC#Cc2c(C(N)=O)ccn3ncc(C4CC4)c23)c2cc(F)ccc2F)c1=O. The lowest BCUT2D eigenvalue weighted by Crippen LogP contribution is -2.23. The van der Waals surface area contributed by atoms with Gasteiger partial charge in [-0.15, -0.1) is 0 Å². The summed E-state index contributed by atoms with van der Waals surface area (Å²) in [6, 6.07) is 8.00. The van der Waals surface area contributed by atoms with Crippen LogP contribution in [-0.4, -0.2) is 20.1 Å². The van der Waals surface area contributed by atoms with Crippen LogP contribution in [0.2, 0.25) is 0 Å². The van der Waals surface area contributed by atoms with Crippen LogP contribution in [0.15, 0.2) is 59.8 Å². The van der Waals surface area contributed by atoms with Gasteiger partial charge in [0.1, 0.15) is 11.6 Å². The van der Waals surface area contributed by atoms with Crippen molar-refractivity contribution in [3.05, 3.63) is 105 Å². The lowest BCUT2D eigenvalue weighted by molar-refractivity contribution is 0.1000. The van der Waals surface area contributed by atoms with Crippen LogP contribution in [0.1, 0.15) is 63.7 Å². The van der Waals surface area contributed by atoms with Crippen molar-refractivity contribution >= 4 is 11.4 Å². The number of benzene rings is 1. The topological polar surface area (TPSA) is 82.4 Å². The molecular weight excluding hydrogens is 450 g/mol. The van der Waals surface area contributed by atoms with E-state index < -0.39 is 23.5 Å². The van der Waals surface area contributed by atoms with Crippen LogP contribution < -0.4 is 11.3 Å². The molecule has 0 spiro atoms. The Kier molecular flexibility index (Phi) is 5.69. The van der Waals surface area contributed by atoms with E-state index in [9.17, 15) is 18.4 Å². The summed E-state index contributed by atoms with van der Waals surface area (Å²) in [5, 5.41) is 4.38. The van der Waals surface area contributed by atoms with Crippen LogP contribution >= 0.6 is 0 Å². The first-order chi connectivity index (χ1) is 16.8. The summed E-state index contributed by atoms with van der Waals surface area (Å²) in [7, 11) is 1.59. The molecule has 0 bridgehead atoms. The molecule has 1 saturated carbocycles. The highest BCUT2D eigenvalue weighted by Gasteiger charge is 2.29. The molecule has 1 aromatic carbocycles. The average Bonchev–Trinajstić information content (AvgIpc) is 3.59. The molecule has 1 fully saturated rings. The maximum Gasteiger partial charge on any atom is 0.254 e. The van der Waals surface area contributed by atoms with Crippen LogP contribution in [-0.2, 0) is 7.05 Å². The number of nitrogens with zero attached hydrogens (tertiary/aromatic N) is 3. The highest BCUT2D eigenvalue weighted by atomic mass is 19.1. The minimum absolute atomic E-state index is 0.0196. The maximum atomic E-state index is 14.8. The van der Waals surface area contributed by atoms with E-state index in [4.69, 9.17) is 5.73 Å². The average molecular weight is 472 g/mol. The van der Waals surface area contributed by atoms with Crippen LogP contribution in [0.4, 0.5) is 8.78 Å². The summed E-state index contributed by atoms with van der Waals surface area (Å²) in [5.74, 6) is 3.75. The molecule has 6 nitrogen and oxygen atoms in total. The highest BCUT2D eigenvalue weighted by Crippen LogP contribution is 2.42. The van der Waals surface area contributed by atoms with Crippen molar-refractivity contribution in [3.63, 3.8) is 0 Å². The minimum Gasteiger partial charge on any atom is -0.366 e. The Balaban J connectivity index is 1.64. The number of hydrogen-bond acceptors (Lipinski definition) is 3. The Labute approximate surface area is 200 Å². The first-order valence-corrected chi connectivity index (χ1v) is 11.2. The van der Waals surface area contributed by atoms with Gasteiger partial charge in [0.05, 0.1) is 22.8 Å². The van der Waals surface area contributed by atoms with E-state index in [0.29, 0.717) is 17.0 Å². The molecule has 0 radical (unpaired) electrons. The van der Waals surface area contributed by atoms with E-state index in [2.05, 4.69) is 16.9 Å². The number of fused-ring (bicyclic) bond motifs is 1. The second-order valence-electron chi connectivity index (χ2n) is 8.74. The minimum atomic E-state index is -0.817. The van der Waals surface area contributed by atoms with Crippen LogP contribution in [0.25, 0.3) is 5.52 Å². The molecule has 176 valence electrons. The van der Waals surface area contributed by atoms with Gasteiger partial charge in [-0.3, -0.25) is 9.59 Å². The molecule has 1 atom stereocenters. The first kappa shape index (κ1) is 22.5. The monoisotopic (exact) mass is 472 g/mol. The number of amides is 1. The lowest BCUT2D eigenvalue weighted by Gasteiger charge is -2.16. The van der Waals surface area contributed by atoms with E-state index >= 15 is 0 Å². The summed E-state index contributed by atoms with van der Waals surface area (Å²) in [4.78, 5) is 25.0. The lowest BCUT2D eigenvalue weighted by atomic mass is 9.88. The van der Waals surface area contributed by atoms with Gasteiger partial charge in [0.2, 0.25) is 5.91 Å². The van der Waals surface area contributed by atoms with E-state index in [1.807, 2.05) is 0 Å². The van der Waals surface area contributed by atoms with Crippen LogP contribution in [0.3, 0.4) is 0 Å². The normalized spacial score (nSPS) is 13.9. The number of pyridine rings is 2. The largest absolute Gasteiger partial charge is 0.366 e. The third kappa shape index (κ3) is 4.21. The second-order valence-corrected chi connectivity index (χ2v) is 8.74. The van der Waals surface area contributed by atoms with Crippen molar-refractivity contribution in [3.8, 4) is 11.8 Å². The zero-order chi connectivity index (χ0) is 24.7. The standard InChI is InChI=1S/C27H22F2N4O2/c1-32-12-3-6-21(27(32)35)18(22-14-17(28)9-10-24(22)29)4-2-5-19-20(26(30)34)11-13-33-25(19)23(15-31-33)16-7-8-16/h3,6,9-16,18H,4,7-8H2,1H3,(H2,30,34). The number of nitrogens with two attached hydrogens (primary N) is 1.